The van der Waals surface area contributed by atoms with E-state index in [1.165, 1.54) is 12.0 Å². The van der Waals surface area contributed by atoms with Crippen LogP contribution < -0.4 is 0 Å². The lowest BCUT2D eigenvalue weighted by atomic mass is 9.78. The standard InChI is InChI=1S/C23H30N2O4/c1-18-21(28-17-24-18)22(26)25-11-9-23(10-12-25)15-19(8-14-29-23)7-13-27-16-20-5-3-2-4-6-20/h2-6,17,19H,7-16H2,1H3. The summed E-state index contributed by atoms with van der Waals surface area (Å²) in [6.45, 7) is 5.47. The molecule has 2 fully saturated rings. The number of piperidine rings is 1. The van der Waals surface area contributed by atoms with Crippen molar-refractivity contribution in [2.24, 2.45) is 5.92 Å². The molecule has 0 aliphatic carbocycles. The minimum atomic E-state index is -0.0877. The van der Waals surface area contributed by atoms with E-state index in [-0.39, 0.29) is 11.5 Å². The summed E-state index contributed by atoms with van der Waals surface area (Å²) in [7, 11) is 0. The Morgan fingerprint density at radius 1 is 1.28 bits per heavy atom. The van der Waals surface area contributed by atoms with Gasteiger partial charge in [0.05, 0.1) is 17.9 Å². The van der Waals surface area contributed by atoms with Crippen molar-refractivity contribution >= 4 is 5.91 Å². The van der Waals surface area contributed by atoms with Crippen molar-refractivity contribution in [2.75, 3.05) is 26.3 Å². The van der Waals surface area contributed by atoms with Crippen molar-refractivity contribution in [2.45, 2.75) is 51.2 Å². The van der Waals surface area contributed by atoms with Crippen LogP contribution in [-0.2, 0) is 16.1 Å². The summed E-state index contributed by atoms with van der Waals surface area (Å²) in [5.74, 6) is 0.925. The fourth-order valence-corrected chi connectivity index (χ4v) is 4.51. The summed E-state index contributed by atoms with van der Waals surface area (Å²) in [5.41, 5.74) is 1.78. The topological polar surface area (TPSA) is 64.8 Å². The average Bonchev–Trinajstić information content (AvgIpc) is 3.18. The molecular formula is C23H30N2O4. The smallest absolute Gasteiger partial charge is 0.291 e. The van der Waals surface area contributed by atoms with Gasteiger partial charge in [-0.25, -0.2) is 4.98 Å². The van der Waals surface area contributed by atoms with E-state index < -0.39 is 0 Å². The zero-order valence-electron chi connectivity index (χ0n) is 17.1. The Balaban J connectivity index is 1.23. The monoisotopic (exact) mass is 398 g/mol. The van der Waals surface area contributed by atoms with Crippen molar-refractivity contribution in [1.82, 2.24) is 9.88 Å². The van der Waals surface area contributed by atoms with E-state index in [0.29, 0.717) is 37.1 Å². The molecule has 0 N–H and O–H groups in total. The third kappa shape index (κ3) is 4.87. The van der Waals surface area contributed by atoms with Gasteiger partial charge >= 0.3 is 0 Å². The number of hydrogen-bond donors (Lipinski definition) is 0. The molecule has 2 aliphatic rings. The fourth-order valence-electron chi connectivity index (χ4n) is 4.51. The van der Waals surface area contributed by atoms with Crippen LogP contribution in [0.4, 0.5) is 0 Å². The summed E-state index contributed by atoms with van der Waals surface area (Å²) < 4.78 is 17.4. The molecule has 2 aliphatic heterocycles. The molecular weight excluding hydrogens is 368 g/mol. The van der Waals surface area contributed by atoms with E-state index >= 15 is 0 Å². The summed E-state index contributed by atoms with van der Waals surface area (Å²) in [6, 6.07) is 10.3. The van der Waals surface area contributed by atoms with E-state index in [0.717, 1.165) is 45.3 Å². The van der Waals surface area contributed by atoms with Gasteiger partial charge in [0.2, 0.25) is 5.76 Å². The van der Waals surface area contributed by atoms with Crippen LogP contribution in [-0.4, -0.2) is 47.7 Å². The highest BCUT2D eigenvalue weighted by Crippen LogP contribution is 2.39. The van der Waals surface area contributed by atoms with Crippen LogP contribution in [0.5, 0.6) is 0 Å². The van der Waals surface area contributed by atoms with Crippen LogP contribution in [0.25, 0.3) is 0 Å². The molecule has 0 bridgehead atoms. The Labute approximate surface area is 172 Å². The highest BCUT2D eigenvalue weighted by Gasteiger charge is 2.41. The Kier molecular flexibility index (Phi) is 6.31. The van der Waals surface area contributed by atoms with E-state index in [2.05, 4.69) is 17.1 Å². The lowest BCUT2D eigenvalue weighted by Gasteiger charge is -2.46. The van der Waals surface area contributed by atoms with Gasteiger partial charge in [0.1, 0.15) is 0 Å². The summed E-state index contributed by atoms with van der Waals surface area (Å²) in [4.78, 5) is 18.5. The van der Waals surface area contributed by atoms with Gasteiger partial charge in [0.25, 0.3) is 5.91 Å². The fraction of sp³-hybridized carbons (Fsp3) is 0.565. The number of carbonyl (C=O) groups is 1. The Bertz CT molecular complexity index is 796. The lowest BCUT2D eigenvalue weighted by Crippen LogP contribution is -2.50. The van der Waals surface area contributed by atoms with Crippen molar-refractivity contribution < 1.29 is 18.7 Å². The van der Waals surface area contributed by atoms with E-state index in [1.807, 2.05) is 23.1 Å². The molecule has 1 atom stereocenters. The number of rotatable bonds is 6. The van der Waals surface area contributed by atoms with Crippen molar-refractivity contribution in [3.05, 3.63) is 53.7 Å². The molecule has 6 nitrogen and oxygen atoms in total. The molecule has 1 amide bonds. The molecule has 0 saturated carbocycles. The third-order valence-corrected chi connectivity index (χ3v) is 6.28. The molecule has 156 valence electrons. The first-order valence-corrected chi connectivity index (χ1v) is 10.6. The minimum Gasteiger partial charge on any atom is -0.438 e. The van der Waals surface area contributed by atoms with Gasteiger partial charge in [0.15, 0.2) is 6.39 Å². The van der Waals surface area contributed by atoms with Crippen LogP contribution in [0.3, 0.4) is 0 Å². The molecule has 1 aromatic heterocycles. The molecule has 1 spiro atoms. The van der Waals surface area contributed by atoms with E-state index in [1.54, 1.807) is 6.92 Å². The predicted molar refractivity (Wildman–Crippen MR) is 108 cm³/mol. The molecule has 2 saturated heterocycles. The van der Waals surface area contributed by atoms with Gasteiger partial charge in [-0.3, -0.25) is 4.79 Å². The second-order valence-electron chi connectivity index (χ2n) is 8.28. The summed E-state index contributed by atoms with van der Waals surface area (Å²) in [6.07, 6.45) is 6.32. The van der Waals surface area contributed by atoms with Gasteiger partial charge in [-0.05, 0) is 50.5 Å². The lowest BCUT2D eigenvalue weighted by molar-refractivity contribution is -0.126. The second-order valence-corrected chi connectivity index (χ2v) is 8.28. The van der Waals surface area contributed by atoms with Gasteiger partial charge in [-0.1, -0.05) is 30.3 Å². The first-order valence-electron chi connectivity index (χ1n) is 10.6. The number of nitrogens with zero attached hydrogens (tertiary/aromatic N) is 2. The van der Waals surface area contributed by atoms with E-state index in [4.69, 9.17) is 13.9 Å². The number of aromatic nitrogens is 1. The average molecular weight is 399 g/mol. The van der Waals surface area contributed by atoms with Crippen LogP contribution >= 0.6 is 0 Å². The number of amides is 1. The number of oxazole rings is 1. The molecule has 1 unspecified atom stereocenters. The van der Waals surface area contributed by atoms with Crippen LogP contribution in [0, 0.1) is 12.8 Å². The summed E-state index contributed by atoms with van der Waals surface area (Å²) in [5, 5.41) is 0. The zero-order valence-corrected chi connectivity index (χ0v) is 17.1. The van der Waals surface area contributed by atoms with Crippen LogP contribution in [0.1, 0.15) is 53.9 Å². The first-order chi connectivity index (χ1) is 14.2. The quantitative estimate of drug-likeness (QED) is 0.689. The first kappa shape index (κ1) is 20.1. The van der Waals surface area contributed by atoms with Gasteiger partial charge in [-0.2, -0.15) is 0 Å². The Morgan fingerprint density at radius 3 is 2.79 bits per heavy atom. The SMILES string of the molecule is Cc1ncoc1C(=O)N1CCC2(CC1)CC(CCOCc1ccccc1)CCO2. The number of hydrogen-bond acceptors (Lipinski definition) is 5. The Morgan fingerprint density at radius 2 is 2.07 bits per heavy atom. The highest BCUT2D eigenvalue weighted by molar-refractivity contribution is 5.92. The normalized spacial score (nSPS) is 21.4. The third-order valence-electron chi connectivity index (χ3n) is 6.28. The van der Waals surface area contributed by atoms with Crippen LogP contribution in [0.15, 0.2) is 41.1 Å². The number of ether oxygens (including phenoxy) is 2. The van der Waals surface area contributed by atoms with Crippen molar-refractivity contribution in [1.29, 1.82) is 0 Å². The number of benzene rings is 1. The molecule has 4 rings (SSSR count). The van der Waals surface area contributed by atoms with Gasteiger partial charge in [-0.15, -0.1) is 0 Å². The molecule has 1 aromatic carbocycles. The van der Waals surface area contributed by atoms with E-state index in [9.17, 15) is 4.79 Å². The zero-order chi connectivity index (χ0) is 20.1. The number of likely N-dealkylation sites (tertiary alicyclic amines) is 1. The molecule has 0 radical (unpaired) electrons. The number of aryl methyl sites for hydroxylation is 1. The van der Waals surface area contributed by atoms with Gasteiger partial charge in [0, 0.05) is 26.3 Å². The summed E-state index contributed by atoms with van der Waals surface area (Å²) >= 11 is 0. The maximum absolute atomic E-state index is 12.6. The minimum absolute atomic E-state index is 0.0588. The molecule has 29 heavy (non-hydrogen) atoms. The molecule has 6 heteroatoms. The highest BCUT2D eigenvalue weighted by atomic mass is 16.5. The largest absolute Gasteiger partial charge is 0.438 e. The maximum Gasteiger partial charge on any atom is 0.291 e. The number of carbonyl (C=O) groups excluding carboxylic acids is 1. The second kappa shape index (κ2) is 9.09. The van der Waals surface area contributed by atoms with Gasteiger partial charge < -0.3 is 18.8 Å². The molecule has 2 aromatic rings. The van der Waals surface area contributed by atoms with Crippen molar-refractivity contribution in [3.63, 3.8) is 0 Å². The predicted octanol–water partition coefficient (Wildman–Crippen LogP) is 3.99. The Hall–Kier alpha value is -2.18. The van der Waals surface area contributed by atoms with Crippen LogP contribution in [0.2, 0.25) is 0 Å². The molecule has 3 heterocycles. The maximum atomic E-state index is 12.6. The van der Waals surface area contributed by atoms with Crippen molar-refractivity contribution in [3.8, 4) is 0 Å².